The van der Waals surface area contributed by atoms with Gasteiger partial charge in [-0.2, -0.15) is 5.10 Å². The first-order valence-electron chi connectivity index (χ1n) is 8.69. The molecule has 5 nitrogen and oxygen atoms in total. The third-order valence-corrected chi connectivity index (χ3v) is 4.60. The molecular formula is C19H25N3O2. The van der Waals surface area contributed by atoms with Gasteiger partial charge in [-0.05, 0) is 58.1 Å². The molecule has 24 heavy (non-hydrogen) atoms. The lowest BCUT2D eigenvalue weighted by atomic mass is 10.1. The minimum Gasteiger partial charge on any atom is -0.396 e. The molecule has 0 fully saturated rings. The van der Waals surface area contributed by atoms with Crippen LogP contribution in [0.5, 0.6) is 0 Å². The van der Waals surface area contributed by atoms with E-state index >= 15 is 0 Å². The maximum absolute atomic E-state index is 12.6. The number of nitrogens with zero attached hydrogens (tertiary/aromatic N) is 2. The van der Waals surface area contributed by atoms with Gasteiger partial charge in [-0.1, -0.05) is 17.7 Å². The lowest BCUT2D eigenvalue weighted by Crippen LogP contribution is -2.33. The molecule has 1 aromatic heterocycles. The molecule has 0 aliphatic heterocycles. The highest BCUT2D eigenvalue weighted by atomic mass is 16.3. The highest BCUT2D eigenvalue weighted by Gasteiger charge is 2.27. The molecule has 0 spiro atoms. The predicted molar refractivity (Wildman–Crippen MR) is 93.6 cm³/mol. The molecule has 0 saturated heterocycles. The minimum absolute atomic E-state index is 0.0335. The van der Waals surface area contributed by atoms with Gasteiger partial charge in [-0.25, -0.2) is 4.68 Å². The van der Waals surface area contributed by atoms with E-state index in [0.29, 0.717) is 12.1 Å². The van der Waals surface area contributed by atoms with Crippen molar-refractivity contribution < 1.29 is 9.90 Å². The lowest BCUT2D eigenvalue weighted by Gasteiger charge is -2.12. The Kier molecular flexibility index (Phi) is 5.00. The molecular weight excluding hydrogens is 302 g/mol. The van der Waals surface area contributed by atoms with Gasteiger partial charge in [0.05, 0.1) is 5.69 Å². The smallest absolute Gasteiger partial charge is 0.272 e. The fraction of sp³-hybridized carbons (Fsp3) is 0.474. The number of rotatable bonds is 6. The van der Waals surface area contributed by atoms with Crippen molar-refractivity contribution in [2.75, 3.05) is 6.61 Å². The molecule has 1 amide bonds. The van der Waals surface area contributed by atoms with Gasteiger partial charge >= 0.3 is 0 Å². The Morgan fingerprint density at radius 3 is 2.79 bits per heavy atom. The first kappa shape index (κ1) is 16.7. The summed E-state index contributed by atoms with van der Waals surface area (Å²) in [5, 5.41) is 16.5. The number of aromatic nitrogens is 2. The van der Waals surface area contributed by atoms with Crippen LogP contribution in [0.15, 0.2) is 24.3 Å². The summed E-state index contributed by atoms with van der Waals surface area (Å²) < 4.78 is 1.93. The molecule has 0 radical (unpaired) electrons. The van der Waals surface area contributed by atoms with Crippen molar-refractivity contribution in [3.05, 3.63) is 46.8 Å². The molecule has 1 aliphatic carbocycles. The quantitative estimate of drug-likeness (QED) is 0.857. The van der Waals surface area contributed by atoms with E-state index < -0.39 is 0 Å². The number of hydrogen-bond donors (Lipinski definition) is 2. The zero-order chi connectivity index (χ0) is 17.1. The van der Waals surface area contributed by atoms with Crippen molar-refractivity contribution >= 4 is 5.91 Å². The first-order valence-corrected chi connectivity index (χ1v) is 8.69. The second-order valence-corrected chi connectivity index (χ2v) is 6.62. The number of fused-ring (bicyclic) bond motifs is 1. The number of carbonyl (C=O) groups is 1. The zero-order valence-corrected chi connectivity index (χ0v) is 14.4. The maximum Gasteiger partial charge on any atom is 0.272 e. The van der Waals surface area contributed by atoms with Crippen molar-refractivity contribution in [1.29, 1.82) is 0 Å². The standard InChI is InChI=1S/C19H25N3O2/c1-13-8-10-15(11-9-13)22-17-7-3-6-16(17)18(21-22)19(24)20-14(2)5-4-12-23/h8-11,14,23H,3-7,12H2,1-2H3,(H,20,24). The van der Waals surface area contributed by atoms with Crippen molar-refractivity contribution in [1.82, 2.24) is 15.1 Å². The summed E-state index contributed by atoms with van der Waals surface area (Å²) in [5.41, 5.74) is 5.01. The molecule has 3 rings (SSSR count). The molecule has 128 valence electrons. The Hall–Kier alpha value is -2.14. The van der Waals surface area contributed by atoms with E-state index in [2.05, 4.69) is 29.5 Å². The van der Waals surface area contributed by atoms with Gasteiger partial charge in [0.2, 0.25) is 0 Å². The van der Waals surface area contributed by atoms with Gasteiger partial charge in [0.1, 0.15) is 0 Å². The van der Waals surface area contributed by atoms with Crippen LogP contribution in [0, 0.1) is 6.92 Å². The molecule has 1 atom stereocenters. The number of aliphatic hydroxyl groups is 1. The number of aryl methyl sites for hydroxylation is 1. The number of benzene rings is 1. The number of aliphatic hydroxyl groups excluding tert-OH is 1. The molecule has 0 bridgehead atoms. The van der Waals surface area contributed by atoms with Gasteiger partial charge in [0.25, 0.3) is 5.91 Å². The Balaban J connectivity index is 1.86. The van der Waals surface area contributed by atoms with Crippen LogP contribution in [0.2, 0.25) is 0 Å². The van der Waals surface area contributed by atoms with Gasteiger partial charge in [0, 0.05) is 23.9 Å². The van der Waals surface area contributed by atoms with E-state index in [0.717, 1.165) is 42.6 Å². The fourth-order valence-corrected chi connectivity index (χ4v) is 3.28. The van der Waals surface area contributed by atoms with E-state index in [-0.39, 0.29) is 18.6 Å². The van der Waals surface area contributed by atoms with E-state index in [1.54, 1.807) is 0 Å². The van der Waals surface area contributed by atoms with Crippen LogP contribution in [-0.4, -0.2) is 33.4 Å². The second kappa shape index (κ2) is 7.18. The van der Waals surface area contributed by atoms with E-state index in [1.165, 1.54) is 5.56 Å². The number of hydrogen-bond acceptors (Lipinski definition) is 3. The van der Waals surface area contributed by atoms with Crippen LogP contribution in [0.4, 0.5) is 0 Å². The normalized spacial score (nSPS) is 14.5. The topological polar surface area (TPSA) is 67.2 Å². The fourth-order valence-electron chi connectivity index (χ4n) is 3.28. The first-order chi connectivity index (χ1) is 11.6. The van der Waals surface area contributed by atoms with Crippen molar-refractivity contribution in [3.63, 3.8) is 0 Å². The Morgan fingerprint density at radius 2 is 2.08 bits per heavy atom. The van der Waals surface area contributed by atoms with E-state index in [4.69, 9.17) is 5.11 Å². The van der Waals surface area contributed by atoms with Crippen LogP contribution in [0.25, 0.3) is 5.69 Å². The van der Waals surface area contributed by atoms with Crippen LogP contribution < -0.4 is 5.32 Å². The van der Waals surface area contributed by atoms with Gasteiger partial charge in [-0.3, -0.25) is 4.79 Å². The zero-order valence-electron chi connectivity index (χ0n) is 14.4. The molecule has 1 aromatic carbocycles. The summed E-state index contributed by atoms with van der Waals surface area (Å²) in [5.74, 6) is -0.107. The van der Waals surface area contributed by atoms with E-state index in [1.807, 2.05) is 23.7 Å². The Morgan fingerprint density at radius 1 is 1.33 bits per heavy atom. The summed E-state index contributed by atoms with van der Waals surface area (Å²) in [6.07, 6.45) is 4.40. The Bertz CT molecular complexity index is 719. The largest absolute Gasteiger partial charge is 0.396 e. The predicted octanol–water partition coefficient (Wildman–Crippen LogP) is 2.56. The summed E-state index contributed by atoms with van der Waals surface area (Å²) in [7, 11) is 0. The monoisotopic (exact) mass is 327 g/mol. The molecule has 1 unspecified atom stereocenters. The highest BCUT2D eigenvalue weighted by molar-refractivity contribution is 5.94. The molecule has 2 N–H and O–H groups in total. The van der Waals surface area contributed by atoms with Crippen LogP contribution in [0.1, 0.15) is 53.5 Å². The summed E-state index contributed by atoms with van der Waals surface area (Å²) >= 11 is 0. The number of carbonyl (C=O) groups excluding carboxylic acids is 1. The van der Waals surface area contributed by atoms with Gasteiger partial charge in [-0.15, -0.1) is 0 Å². The van der Waals surface area contributed by atoms with Gasteiger partial charge < -0.3 is 10.4 Å². The number of amides is 1. The van der Waals surface area contributed by atoms with Crippen molar-refractivity contribution in [3.8, 4) is 5.69 Å². The Labute approximate surface area is 142 Å². The van der Waals surface area contributed by atoms with Crippen molar-refractivity contribution in [2.45, 2.75) is 52.0 Å². The second-order valence-electron chi connectivity index (χ2n) is 6.62. The van der Waals surface area contributed by atoms with Gasteiger partial charge in [0.15, 0.2) is 5.69 Å². The molecule has 2 aromatic rings. The van der Waals surface area contributed by atoms with E-state index in [9.17, 15) is 4.79 Å². The van der Waals surface area contributed by atoms with Crippen LogP contribution in [-0.2, 0) is 12.8 Å². The van der Waals surface area contributed by atoms with Crippen LogP contribution >= 0.6 is 0 Å². The van der Waals surface area contributed by atoms with Crippen molar-refractivity contribution in [2.24, 2.45) is 0 Å². The number of nitrogens with one attached hydrogen (secondary N) is 1. The summed E-state index contributed by atoms with van der Waals surface area (Å²) in [6.45, 7) is 4.17. The van der Waals surface area contributed by atoms with Crippen LogP contribution in [0.3, 0.4) is 0 Å². The highest BCUT2D eigenvalue weighted by Crippen LogP contribution is 2.28. The third-order valence-electron chi connectivity index (χ3n) is 4.60. The third kappa shape index (κ3) is 3.36. The summed E-state index contributed by atoms with van der Waals surface area (Å²) in [4.78, 5) is 12.6. The molecule has 1 heterocycles. The maximum atomic E-state index is 12.6. The average molecular weight is 327 g/mol. The summed E-state index contributed by atoms with van der Waals surface area (Å²) in [6, 6.07) is 8.26. The minimum atomic E-state index is -0.107. The molecule has 0 saturated carbocycles. The molecule has 1 aliphatic rings. The molecule has 5 heteroatoms. The lowest BCUT2D eigenvalue weighted by molar-refractivity contribution is 0.0930. The SMILES string of the molecule is Cc1ccc(-n2nc(C(=O)NC(C)CCCO)c3c2CCC3)cc1. The average Bonchev–Trinajstić information content (AvgIpc) is 3.16.